The number of primary amides is 1. The first kappa shape index (κ1) is 14.1. The van der Waals surface area contributed by atoms with Crippen LogP contribution in [-0.2, 0) is 6.42 Å². The summed E-state index contributed by atoms with van der Waals surface area (Å²) in [6.07, 6.45) is 3.65. The minimum Gasteiger partial charge on any atom is -0.459 e. The quantitative estimate of drug-likeness (QED) is 0.841. The van der Waals surface area contributed by atoms with E-state index in [0.29, 0.717) is 29.9 Å². The van der Waals surface area contributed by atoms with Gasteiger partial charge in [-0.05, 0) is 31.9 Å². The average molecular weight is 301 g/mol. The number of hydrogen-bond donors (Lipinski definition) is 2. The lowest BCUT2D eigenvalue weighted by molar-refractivity contribution is 0.0926. The molecule has 0 saturated carbocycles. The summed E-state index contributed by atoms with van der Waals surface area (Å²) in [5, 5.41) is 4.16. The van der Waals surface area contributed by atoms with Crippen LogP contribution < -0.4 is 11.2 Å². The largest absolute Gasteiger partial charge is 0.459 e. The van der Waals surface area contributed by atoms with Crippen molar-refractivity contribution in [1.29, 1.82) is 0 Å². The summed E-state index contributed by atoms with van der Waals surface area (Å²) in [6.45, 7) is 1.76. The van der Waals surface area contributed by atoms with Crippen molar-refractivity contribution >= 4 is 17.5 Å². The summed E-state index contributed by atoms with van der Waals surface area (Å²) < 4.78 is 10.5. The second-order valence-electron chi connectivity index (χ2n) is 5.05. The summed E-state index contributed by atoms with van der Waals surface area (Å²) in [5.41, 5.74) is 9.86. The van der Waals surface area contributed by atoms with Gasteiger partial charge >= 0.3 is 5.91 Å². The number of nitrogens with zero attached hydrogens (tertiary/aromatic N) is 1. The van der Waals surface area contributed by atoms with Crippen LogP contribution in [0.25, 0.3) is 0 Å². The zero-order chi connectivity index (χ0) is 15.7. The van der Waals surface area contributed by atoms with Crippen LogP contribution in [0.4, 0.5) is 0 Å². The van der Waals surface area contributed by atoms with Gasteiger partial charge in [-0.25, -0.2) is 5.43 Å². The minimum absolute atomic E-state index is 0.150. The third-order valence-electron chi connectivity index (χ3n) is 3.59. The molecule has 0 bridgehead atoms. The third kappa shape index (κ3) is 2.41. The van der Waals surface area contributed by atoms with Crippen LogP contribution in [0, 0.1) is 6.92 Å². The van der Waals surface area contributed by atoms with Crippen LogP contribution in [0.15, 0.2) is 32.3 Å². The van der Waals surface area contributed by atoms with E-state index in [4.69, 9.17) is 14.6 Å². The van der Waals surface area contributed by atoms with Crippen LogP contribution in [0.5, 0.6) is 0 Å². The summed E-state index contributed by atoms with van der Waals surface area (Å²) in [5.74, 6) is -0.0191. The first-order valence-electron chi connectivity index (χ1n) is 6.90. The highest BCUT2D eigenvalue weighted by Gasteiger charge is 2.27. The molecule has 1 aliphatic rings. The smallest absolute Gasteiger partial charge is 0.307 e. The summed E-state index contributed by atoms with van der Waals surface area (Å²) in [4.78, 5) is 23.2. The van der Waals surface area contributed by atoms with E-state index < -0.39 is 11.8 Å². The zero-order valence-electron chi connectivity index (χ0n) is 12.0. The number of aryl methyl sites for hydroxylation is 1. The van der Waals surface area contributed by atoms with E-state index in [1.807, 2.05) is 0 Å². The van der Waals surface area contributed by atoms with Gasteiger partial charge in [-0.1, -0.05) is 0 Å². The van der Waals surface area contributed by atoms with Gasteiger partial charge in [-0.15, -0.1) is 0 Å². The summed E-state index contributed by atoms with van der Waals surface area (Å²) in [6, 6.07) is 3.18. The molecule has 0 saturated heterocycles. The Morgan fingerprint density at radius 3 is 2.86 bits per heavy atom. The van der Waals surface area contributed by atoms with E-state index in [9.17, 15) is 9.59 Å². The molecular formula is C15H15N3O4. The molecule has 0 radical (unpaired) electrons. The minimum atomic E-state index is -0.606. The molecule has 0 unspecified atom stereocenters. The van der Waals surface area contributed by atoms with Gasteiger partial charge in [0.05, 0.1) is 12.0 Å². The summed E-state index contributed by atoms with van der Waals surface area (Å²) in [7, 11) is 0. The molecular weight excluding hydrogens is 286 g/mol. The van der Waals surface area contributed by atoms with Crippen molar-refractivity contribution in [2.24, 2.45) is 10.8 Å². The molecule has 0 atom stereocenters. The Kier molecular flexibility index (Phi) is 3.54. The first-order chi connectivity index (χ1) is 10.6. The van der Waals surface area contributed by atoms with E-state index in [1.165, 1.54) is 6.26 Å². The van der Waals surface area contributed by atoms with Crippen molar-refractivity contribution in [3.05, 3.63) is 46.8 Å². The van der Waals surface area contributed by atoms with Gasteiger partial charge < -0.3 is 14.6 Å². The number of nitrogens with two attached hydrogens (primary N) is 1. The number of fused-ring (bicyclic) bond motifs is 1. The summed E-state index contributed by atoms with van der Waals surface area (Å²) >= 11 is 0. The standard InChI is InChI=1S/C15H15N3O4/c1-8-12-9(17-18-15(20)11-6-3-7-21-11)4-2-5-10(12)22-13(8)14(16)19/h3,6-7H,2,4-5H2,1H3,(H2,16,19)(H,18,20)/b17-9+. The molecule has 1 aliphatic carbocycles. The maximum Gasteiger partial charge on any atom is 0.307 e. The number of rotatable bonds is 3. The monoisotopic (exact) mass is 301 g/mol. The lowest BCUT2D eigenvalue weighted by Crippen LogP contribution is -2.21. The second-order valence-corrected chi connectivity index (χ2v) is 5.05. The highest BCUT2D eigenvalue weighted by Crippen LogP contribution is 2.29. The van der Waals surface area contributed by atoms with Crippen molar-refractivity contribution in [3.8, 4) is 0 Å². The maximum absolute atomic E-state index is 11.8. The molecule has 0 spiro atoms. The Morgan fingerprint density at radius 2 is 2.18 bits per heavy atom. The number of carbonyl (C=O) groups is 2. The Balaban J connectivity index is 1.89. The molecule has 2 amide bonds. The molecule has 114 valence electrons. The van der Waals surface area contributed by atoms with Gasteiger partial charge in [-0.3, -0.25) is 9.59 Å². The van der Waals surface area contributed by atoms with Crippen molar-refractivity contribution in [3.63, 3.8) is 0 Å². The van der Waals surface area contributed by atoms with Gasteiger partial charge in [0.25, 0.3) is 5.91 Å². The SMILES string of the molecule is Cc1c(C(N)=O)oc2c1/C(=N/NC(=O)c1ccco1)CCC2. The Bertz CT molecular complexity index is 756. The van der Waals surface area contributed by atoms with Crippen LogP contribution in [-0.4, -0.2) is 17.5 Å². The Labute approximate surface area is 126 Å². The molecule has 3 rings (SSSR count). The van der Waals surface area contributed by atoms with Crippen LogP contribution in [0.3, 0.4) is 0 Å². The second kappa shape index (κ2) is 5.51. The molecule has 0 aromatic carbocycles. The van der Waals surface area contributed by atoms with Crippen LogP contribution in [0.2, 0.25) is 0 Å². The molecule has 0 fully saturated rings. The highest BCUT2D eigenvalue weighted by atomic mass is 16.4. The molecule has 2 aromatic rings. The van der Waals surface area contributed by atoms with Gasteiger partial charge in [-0.2, -0.15) is 5.10 Å². The zero-order valence-corrected chi connectivity index (χ0v) is 12.0. The number of hydrogen-bond acceptors (Lipinski definition) is 5. The molecule has 2 heterocycles. The lowest BCUT2D eigenvalue weighted by Gasteiger charge is -2.13. The predicted octanol–water partition coefficient (Wildman–Crippen LogP) is 1.75. The molecule has 7 heteroatoms. The Hall–Kier alpha value is -2.83. The molecule has 22 heavy (non-hydrogen) atoms. The maximum atomic E-state index is 11.8. The average Bonchev–Trinajstić information content (AvgIpc) is 3.13. The molecule has 7 nitrogen and oxygen atoms in total. The van der Waals surface area contributed by atoms with E-state index in [-0.39, 0.29) is 11.5 Å². The Morgan fingerprint density at radius 1 is 1.36 bits per heavy atom. The molecule has 2 aromatic heterocycles. The van der Waals surface area contributed by atoms with Gasteiger partial charge in [0.2, 0.25) is 0 Å². The van der Waals surface area contributed by atoms with E-state index in [0.717, 1.165) is 12.0 Å². The van der Waals surface area contributed by atoms with Crippen LogP contribution in [0.1, 0.15) is 50.8 Å². The van der Waals surface area contributed by atoms with E-state index in [2.05, 4.69) is 10.5 Å². The van der Waals surface area contributed by atoms with Crippen molar-refractivity contribution in [1.82, 2.24) is 5.43 Å². The van der Waals surface area contributed by atoms with E-state index >= 15 is 0 Å². The van der Waals surface area contributed by atoms with E-state index in [1.54, 1.807) is 19.1 Å². The number of furan rings is 2. The fraction of sp³-hybridized carbons (Fsp3) is 0.267. The topological polar surface area (TPSA) is 111 Å². The highest BCUT2D eigenvalue weighted by molar-refractivity contribution is 6.06. The number of nitrogens with one attached hydrogen (secondary N) is 1. The van der Waals surface area contributed by atoms with Crippen molar-refractivity contribution in [2.45, 2.75) is 26.2 Å². The lowest BCUT2D eigenvalue weighted by atomic mass is 9.93. The first-order valence-corrected chi connectivity index (χ1v) is 6.90. The third-order valence-corrected chi connectivity index (χ3v) is 3.59. The molecule has 3 N–H and O–H groups in total. The van der Waals surface area contributed by atoms with Gasteiger partial charge in [0.15, 0.2) is 11.5 Å². The fourth-order valence-electron chi connectivity index (χ4n) is 2.60. The van der Waals surface area contributed by atoms with Gasteiger partial charge in [0.1, 0.15) is 5.76 Å². The fourth-order valence-corrected chi connectivity index (χ4v) is 2.60. The number of hydrazone groups is 1. The van der Waals surface area contributed by atoms with Crippen molar-refractivity contribution in [2.75, 3.05) is 0 Å². The molecule has 0 aliphatic heterocycles. The predicted molar refractivity (Wildman–Crippen MR) is 77.6 cm³/mol. The van der Waals surface area contributed by atoms with Crippen molar-refractivity contribution < 1.29 is 18.4 Å². The van der Waals surface area contributed by atoms with Gasteiger partial charge in [0, 0.05) is 17.5 Å². The number of carbonyl (C=O) groups excluding carboxylic acids is 2. The van der Waals surface area contributed by atoms with Crippen LogP contribution >= 0.6 is 0 Å². The number of amides is 2. The normalized spacial score (nSPS) is 15.6.